The van der Waals surface area contributed by atoms with Gasteiger partial charge in [-0.25, -0.2) is 4.67 Å². The first-order valence-corrected chi connectivity index (χ1v) is 4.72. The second kappa shape index (κ2) is 2.06. The minimum Gasteiger partial charge on any atom is -0.271 e. The lowest BCUT2D eigenvalue weighted by molar-refractivity contribution is 0.463. The van der Waals surface area contributed by atoms with Gasteiger partial charge in [0.25, 0.3) is 7.59 Å². The van der Waals surface area contributed by atoms with E-state index in [2.05, 4.69) is 0 Å². The third-order valence-electron chi connectivity index (χ3n) is 1.57. The molecule has 5 heteroatoms. The van der Waals surface area contributed by atoms with Crippen molar-refractivity contribution in [3.8, 4) is 0 Å². The maximum absolute atomic E-state index is 10.9. The van der Waals surface area contributed by atoms with Gasteiger partial charge in [-0.3, -0.25) is 15.6 Å². The predicted octanol–water partition coefficient (Wildman–Crippen LogP) is 0.106. The number of hydrogen-bond donors (Lipinski definition) is 2. The Kier molecular flexibility index (Phi) is 1.65. The summed E-state index contributed by atoms with van der Waals surface area (Å²) in [6.07, 6.45) is 2.16. The van der Waals surface area contributed by atoms with Gasteiger partial charge in [-0.15, -0.1) is 0 Å². The zero-order valence-corrected chi connectivity index (χ0v) is 6.34. The third-order valence-corrected chi connectivity index (χ3v) is 2.88. The van der Waals surface area contributed by atoms with E-state index in [9.17, 15) is 4.57 Å². The van der Waals surface area contributed by atoms with Crippen LogP contribution in [0.2, 0.25) is 0 Å². The molecule has 1 saturated carbocycles. The molecule has 0 atom stereocenters. The summed E-state index contributed by atoms with van der Waals surface area (Å²) in [5, 5.41) is 0. The molecule has 0 radical (unpaired) electrons. The van der Waals surface area contributed by atoms with Crippen molar-refractivity contribution in [1.29, 1.82) is 0 Å². The minimum atomic E-state index is -2.92. The van der Waals surface area contributed by atoms with Crippen molar-refractivity contribution in [3.05, 3.63) is 0 Å². The van der Waals surface area contributed by atoms with Crippen molar-refractivity contribution in [2.45, 2.75) is 18.9 Å². The topological polar surface area (TPSA) is 72.3 Å². The molecule has 4 N–H and O–H groups in total. The van der Waals surface area contributed by atoms with Crippen LogP contribution < -0.4 is 11.0 Å². The Labute approximate surface area is 54.7 Å². The Morgan fingerprint density at radius 1 is 1.56 bits per heavy atom. The van der Waals surface area contributed by atoms with Crippen LogP contribution >= 0.6 is 7.59 Å². The number of nitrogens with two attached hydrogens (primary N) is 2. The highest BCUT2D eigenvalue weighted by molar-refractivity contribution is 7.56. The molecule has 1 aliphatic carbocycles. The van der Waals surface area contributed by atoms with Crippen molar-refractivity contribution >= 4 is 7.59 Å². The van der Waals surface area contributed by atoms with Crippen LogP contribution in [-0.2, 0) is 4.57 Å². The molecule has 0 unspecified atom stereocenters. The molecule has 0 spiro atoms. The number of rotatable bonds is 2. The van der Waals surface area contributed by atoms with Crippen molar-refractivity contribution in [2.24, 2.45) is 11.0 Å². The average molecular weight is 149 g/mol. The van der Waals surface area contributed by atoms with Gasteiger partial charge < -0.3 is 0 Å². The molecule has 0 aromatic heterocycles. The van der Waals surface area contributed by atoms with E-state index in [1.54, 1.807) is 11.7 Å². The van der Waals surface area contributed by atoms with Crippen LogP contribution in [0.5, 0.6) is 0 Å². The zero-order chi connectivity index (χ0) is 7.07. The van der Waals surface area contributed by atoms with Crippen LogP contribution in [0.15, 0.2) is 0 Å². The average Bonchev–Trinajstić information content (AvgIpc) is 2.40. The normalized spacial score (nSPS) is 20.9. The van der Waals surface area contributed by atoms with Crippen LogP contribution in [0, 0.1) is 0 Å². The summed E-state index contributed by atoms with van der Waals surface area (Å²) in [5.74, 6) is 0. The van der Waals surface area contributed by atoms with Crippen LogP contribution in [0.3, 0.4) is 0 Å². The highest BCUT2D eigenvalue weighted by Gasteiger charge is 2.33. The summed E-state index contributed by atoms with van der Waals surface area (Å²) in [4.78, 5) is 0. The molecule has 0 bridgehead atoms. The molecule has 1 rings (SSSR count). The Balaban J connectivity index is 2.50. The van der Waals surface area contributed by atoms with Gasteiger partial charge in [0, 0.05) is 6.04 Å². The van der Waals surface area contributed by atoms with Gasteiger partial charge >= 0.3 is 0 Å². The fourth-order valence-electron chi connectivity index (χ4n) is 0.703. The fraction of sp³-hybridized carbons (Fsp3) is 1.00. The molecule has 4 nitrogen and oxygen atoms in total. The Bertz CT molecular complexity index is 150. The molecule has 0 heterocycles. The number of hydrogen-bond acceptors (Lipinski definition) is 1. The molecule has 9 heavy (non-hydrogen) atoms. The lowest BCUT2D eigenvalue weighted by atomic mass is 10.7. The van der Waals surface area contributed by atoms with Gasteiger partial charge in [0.2, 0.25) is 0 Å². The molecule has 0 amide bonds. The van der Waals surface area contributed by atoms with Crippen molar-refractivity contribution in [2.75, 3.05) is 7.05 Å². The van der Waals surface area contributed by atoms with E-state index in [1.165, 1.54) is 0 Å². The van der Waals surface area contributed by atoms with E-state index >= 15 is 0 Å². The van der Waals surface area contributed by atoms with Crippen molar-refractivity contribution < 1.29 is 4.57 Å². The monoisotopic (exact) mass is 149 g/mol. The summed E-state index contributed by atoms with van der Waals surface area (Å²) >= 11 is 0. The van der Waals surface area contributed by atoms with Gasteiger partial charge in [-0.2, -0.15) is 0 Å². The SMILES string of the molecule is CN(C1CC1)P(N)(N)=O. The quantitative estimate of drug-likeness (QED) is 0.546. The summed E-state index contributed by atoms with van der Waals surface area (Å²) in [7, 11) is -1.21. The van der Waals surface area contributed by atoms with Crippen LogP contribution in [0.4, 0.5) is 0 Å². The maximum atomic E-state index is 10.9. The van der Waals surface area contributed by atoms with Gasteiger partial charge in [0.05, 0.1) is 0 Å². The Morgan fingerprint density at radius 3 is 2.11 bits per heavy atom. The first-order chi connectivity index (χ1) is 4.02. The second-order valence-corrected chi connectivity index (χ2v) is 4.45. The second-order valence-electron chi connectivity index (χ2n) is 2.48. The smallest absolute Gasteiger partial charge is 0.271 e. The predicted molar refractivity (Wildman–Crippen MR) is 36.8 cm³/mol. The molecular formula is C4H12N3OP. The van der Waals surface area contributed by atoms with E-state index in [4.69, 9.17) is 11.0 Å². The molecule has 1 aliphatic rings. The summed E-state index contributed by atoms with van der Waals surface area (Å²) in [5.41, 5.74) is 10.4. The molecule has 54 valence electrons. The first kappa shape index (κ1) is 7.22. The molecule has 0 aliphatic heterocycles. The van der Waals surface area contributed by atoms with Gasteiger partial charge in [-0.05, 0) is 19.9 Å². The molecular weight excluding hydrogens is 137 g/mol. The van der Waals surface area contributed by atoms with E-state index in [0.717, 1.165) is 12.8 Å². The van der Waals surface area contributed by atoms with Crippen molar-refractivity contribution in [3.63, 3.8) is 0 Å². The van der Waals surface area contributed by atoms with Gasteiger partial charge in [0.15, 0.2) is 0 Å². The minimum absolute atomic E-state index is 0.380. The standard InChI is InChI=1S/C4H12N3OP/c1-7(4-2-3-4)9(5,6)8/h4H,2-3H2,1H3,(H4,5,6,8). The summed E-state index contributed by atoms with van der Waals surface area (Å²) < 4.78 is 12.5. The fourth-order valence-corrected chi connectivity index (χ4v) is 1.44. The first-order valence-electron chi connectivity index (χ1n) is 2.92. The molecule has 0 aromatic rings. The van der Waals surface area contributed by atoms with Crippen molar-refractivity contribution in [1.82, 2.24) is 4.67 Å². The van der Waals surface area contributed by atoms with E-state index in [-0.39, 0.29) is 0 Å². The molecule has 0 saturated heterocycles. The van der Waals surface area contributed by atoms with Gasteiger partial charge in [0.1, 0.15) is 0 Å². The summed E-state index contributed by atoms with van der Waals surface area (Å²) in [6, 6.07) is 0.380. The highest BCUT2D eigenvalue weighted by atomic mass is 31.2. The van der Waals surface area contributed by atoms with E-state index < -0.39 is 7.59 Å². The maximum Gasteiger partial charge on any atom is 0.276 e. The third kappa shape index (κ3) is 1.76. The molecule has 1 fully saturated rings. The lowest BCUT2D eigenvalue weighted by Crippen LogP contribution is -2.26. The van der Waals surface area contributed by atoms with Gasteiger partial charge in [-0.1, -0.05) is 0 Å². The largest absolute Gasteiger partial charge is 0.276 e. The highest BCUT2D eigenvalue weighted by Crippen LogP contribution is 2.40. The molecule has 0 aromatic carbocycles. The Hall–Kier alpha value is 0.110. The number of nitrogens with zero attached hydrogens (tertiary/aromatic N) is 1. The van der Waals surface area contributed by atoms with Crippen LogP contribution in [0.25, 0.3) is 0 Å². The van der Waals surface area contributed by atoms with Crippen LogP contribution in [0.1, 0.15) is 12.8 Å². The lowest BCUT2D eigenvalue weighted by Gasteiger charge is -2.18. The zero-order valence-electron chi connectivity index (χ0n) is 5.45. The van der Waals surface area contributed by atoms with Crippen LogP contribution in [-0.4, -0.2) is 17.8 Å². The van der Waals surface area contributed by atoms with E-state index in [0.29, 0.717) is 6.04 Å². The summed E-state index contributed by atoms with van der Waals surface area (Å²) in [6.45, 7) is 0. The Morgan fingerprint density at radius 2 is 2.00 bits per heavy atom. The van der Waals surface area contributed by atoms with E-state index in [1.807, 2.05) is 0 Å².